The van der Waals surface area contributed by atoms with Gasteiger partial charge >= 0.3 is 0 Å². The van der Waals surface area contributed by atoms with Gasteiger partial charge in [-0.15, -0.1) is 0 Å². The number of anilines is 1. The number of nitrogens with zero attached hydrogens (tertiary/aromatic N) is 6. The van der Waals surface area contributed by atoms with E-state index in [-0.39, 0.29) is 23.3 Å². The molecule has 11 heteroatoms. The molecule has 172 valence electrons. The van der Waals surface area contributed by atoms with Gasteiger partial charge in [0.25, 0.3) is 5.56 Å². The standard InChI is InChI=1S/C23H20F2N8O/c1-13(30-21-19-20(27-11-26-19)28-12-29-21)22-31-17-5-3-4-16(25)18(17)23(34)33(22)32(2)10-14-6-8-15(24)9-7-14/h3-9,11-13H,10H2,1-2H3,(H2,26,27,28,29,30)/t13-/m0/s1. The fourth-order valence-corrected chi connectivity index (χ4v) is 3.88. The van der Waals surface area contributed by atoms with Gasteiger partial charge < -0.3 is 15.3 Å². The van der Waals surface area contributed by atoms with Crippen LogP contribution in [0.15, 0.2) is 59.9 Å². The largest absolute Gasteiger partial charge is 0.358 e. The van der Waals surface area contributed by atoms with Crippen LogP contribution in [0.5, 0.6) is 0 Å². The fourth-order valence-electron chi connectivity index (χ4n) is 3.88. The first-order valence-corrected chi connectivity index (χ1v) is 10.5. The molecule has 0 aliphatic carbocycles. The highest BCUT2D eigenvalue weighted by Gasteiger charge is 2.22. The van der Waals surface area contributed by atoms with E-state index in [9.17, 15) is 13.6 Å². The van der Waals surface area contributed by atoms with Gasteiger partial charge in [-0.1, -0.05) is 18.2 Å². The molecule has 5 aromatic rings. The van der Waals surface area contributed by atoms with Crippen molar-refractivity contribution < 1.29 is 8.78 Å². The van der Waals surface area contributed by atoms with Crippen LogP contribution in [-0.4, -0.2) is 36.6 Å². The third-order valence-electron chi connectivity index (χ3n) is 5.48. The maximum Gasteiger partial charge on any atom is 0.283 e. The van der Waals surface area contributed by atoms with E-state index in [2.05, 4.69) is 30.2 Å². The Morgan fingerprint density at radius 2 is 1.91 bits per heavy atom. The summed E-state index contributed by atoms with van der Waals surface area (Å²) in [6.45, 7) is 2.08. The number of rotatable bonds is 6. The minimum Gasteiger partial charge on any atom is -0.358 e. The third-order valence-corrected chi connectivity index (χ3v) is 5.48. The molecule has 0 fully saturated rings. The maximum absolute atomic E-state index is 14.6. The smallest absolute Gasteiger partial charge is 0.283 e. The SMILES string of the molecule is C[C@H](Nc1ncnc2nc[nH]c12)c1nc2cccc(F)c2c(=O)n1N(C)Cc1ccc(F)cc1. The molecule has 0 aliphatic rings. The van der Waals surface area contributed by atoms with E-state index in [0.29, 0.717) is 22.8 Å². The topological polar surface area (TPSA) is 105 Å². The van der Waals surface area contributed by atoms with E-state index >= 15 is 0 Å². The van der Waals surface area contributed by atoms with Crippen molar-refractivity contribution >= 4 is 27.9 Å². The first kappa shape index (κ1) is 21.4. The zero-order valence-corrected chi connectivity index (χ0v) is 18.3. The van der Waals surface area contributed by atoms with Gasteiger partial charge in [0, 0.05) is 7.05 Å². The number of nitrogens with one attached hydrogen (secondary N) is 2. The minimum atomic E-state index is -0.652. The molecular weight excluding hydrogens is 442 g/mol. The Hall–Kier alpha value is -4.41. The molecule has 1 atom stereocenters. The summed E-state index contributed by atoms with van der Waals surface area (Å²) in [5, 5.41) is 4.76. The molecule has 34 heavy (non-hydrogen) atoms. The Morgan fingerprint density at radius 1 is 1.12 bits per heavy atom. The van der Waals surface area contributed by atoms with E-state index < -0.39 is 17.4 Å². The summed E-state index contributed by atoms with van der Waals surface area (Å²) in [4.78, 5) is 33.6. The van der Waals surface area contributed by atoms with Crippen LogP contribution in [0.1, 0.15) is 24.4 Å². The van der Waals surface area contributed by atoms with Crippen LogP contribution in [0, 0.1) is 11.6 Å². The predicted octanol–water partition coefficient (Wildman–Crippen LogP) is 3.28. The summed E-state index contributed by atoms with van der Waals surface area (Å²) in [5.41, 5.74) is 1.56. The van der Waals surface area contributed by atoms with E-state index in [4.69, 9.17) is 0 Å². The number of imidazole rings is 1. The second kappa shape index (κ2) is 8.50. The first-order chi connectivity index (χ1) is 16.4. The zero-order chi connectivity index (χ0) is 23.8. The monoisotopic (exact) mass is 462 g/mol. The Balaban J connectivity index is 1.61. The number of benzene rings is 2. The summed E-state index contributed by atoms with van der Waals surface area (Å²) >= 11 is 0. The molecule has 3 heterocycles. The van der Waals surface area contributed by atoms with Crippen molar-refractivity contribution in [1.82, 2.24) is 29.6 Å². The number of aromatic nitrogens is 6. The first-order valence-electron chi connectivity index (χ1n) is 10.5. The van der Waals surface area contributed by atoms with E-state index in [1.165, 1.54) is 41.6 Å². The Labute approximate surface area is 192 Å². The van der Waals surface area contributed by atoms with Gasteiger partial charge in [0.1, 0.15) is 28.9 Å². The van der Waals surface area contributed by atoms with E-state index in [0.717, 1.165) is 5.56 Å². The summed E-state index contributed by atoms with van der Waals surface area (Å²) in [5.74, 6) is -0.178. The number of H-pyrrole nitrogens is 1. The van der Waals surface area contributed by atoms with Crippen molar-refractivity contribution in [2.24, 2.45) is 0 Å². The molecule has 0 saturated carbocycles. The van der Waals surface area contributed by atoms with E-state index in [1.807, 2.05) is 6.92 Å². The van der Waals surface area contributed by atoms with Crippen LogP contribution in [0.3, 0.4) is 0 Å². The van der Waals surface area contributed by atoms with Crippen LogP contribution in [0.4, 0.5) is 14.6 Å². The average Bonchev–Trinajstić information content (AvgIpc) is 3.30. The van der Waals surface area contributed by atoms with Crippen LogP contribution in [0.2, 0.25) is 0 Å². The molecule has 2 aromatic carbocycles. The second-order valence-electron chi connectivity index (χ2n) is 7.85. The average molecular weight is 462 g/mol. The Kier molecular flexibility index (Phi) is 5.36. The van der Waals surface area contributed by atoms with Crippen LogP contribution >= 0.6 is 0 Å². The number of aromatic amines is 1. The molecule has 0 bridgehead atoms. The highest BCUT2D eigenvalue weighted by molar-refractivity contribution is 5.82. The van der Waals surface area contributed by atoms with Crippen molar-refractivity contribution in [3.8, 4) is 0 Å². The minimum absolute atomic E-state index is 0.109. The molecule has 0 radical (unpaired) electrons. The molecule has 0 saturated heterocycles. The highest BCUT2D eigenvalue weighted by atomic mass is 19.1. The summed E-state index contributed by atoms with van der Waals surface area (Å²) in [6, 6.07) is 9.77. The van der Waals surface area contributed by atoms with Gasteiger partial charge in [-0.05, 0) is 36.8 Å². The number of hydrogen-bond donors (Lipinski definition) is 2. The maximum atomic E-state index is 14.6. The van der Waals surface area contributed by atoms with Gasteiger partial charge in [0.2, 0.25) is 0 Å². The highest BCUT2D eigenvalue weighted by Crippen LogP contribution is 2.23. The van der Waals surface area contributed by atoms with Gasteiger partial charge in [-0.2, -0.15) is 0 Å². The van der Waals surface area contributed by atoms with Crippen molar-refractivity contribution in [2.75, 3.05) is 17.4 Å². The quantitative estimate of drug-likeness (QED) is 0.399. The summed E-state index contributed by atoms with van der Waals surface area (Å²) in [7, 11) is 1.69. The van der Waals surface area contributed by atoms with Crippen LogP contribution in [-0.2, 0) is 6.54 Å². The third kappa shape index (κ3) is 3.81. The zero-order valence-electron chi connectivity index (χ0n) is 18.3. The lowest BCUT2D eigenvalue weighted by Crippen LogP contribution is -2.43. The molecule has 0 spiro atoms. The van der Waals surface area contributed by atoms with Crippen molar-refractivity contribution in [1.29, 1.82) is 0 Å². The molecule has 0 unspecified atom stereocenters. The van der Waals surface area contributed by atoms with Gasteiger partial charge in [-0.25, -0.2) is 33.4 Å². The van der Waals surface area contributed by atoms with Gasteiger partial charge in [-0.3, -0.25) is 4.79 Å². The van der Waals surface area contributed by atoms with Gasteiger partial charge in [0.15, 0.2) is 17.3 Å². The lowest BCUT2D eigenvalue weighted by atomic mass is 10.2. The van der Waals surface area contributed by atoms with Crippen molar-refractivity contribution in [3.05, 3.63) is 88.5 Å². The fraction of sp³-hybridized carbons (Fsp3) is 0.174. The molecule has 2 N–H and O–H groups in total. The number of fused-ring (bicyclic) bond motifs is 2. The lowest BCUT2D eigenvalue weighted by Gasteiger charge is -2.27. The molecule has 5 rings (SSSR count). The summed E-state index contributed by atoms with van der Waals surface area (Å²) < 4.78 is 29.3. The van der Waals surface area contributed by atoms with Crippen molar-refractivity contribution in [3.63, 3.8) is 0 Å². The molecule has 9 nitrogen and oxygen atoms in total. The molecule has 0 aliphatic heterocycles. The molecule has 3 aromatic heterocycles. The lowest BCUT2D eigenvalue weighted by molar-refractivity contribution is 0.559. The Morgan fingerprint density at radius 3 is 2.71 bits per heavy atom. The van der Waals surface area contributed by atoms with Gasteiger partial charge in [0.05, 0.1) is 24.4 Å². The molecular formula is C23H20F2N8O. The second-order valence-corrected chi connectivity index (χ2v) is 7.85. The van der Waals surface area contributed by atoms with Crippen LogP contribution in [0.25, 0.3) is 22.1 Å². The number of hydrogen-bond acceptors (Lipinski definition) is 7. The normalized spacial score (nSPS) is 12.2. The Bertz CT molecular complexity index is 1550. The predicted molar refractivity (Wildman–Crippen MR) is 124 cm³/mol. The van der Waals surface area contributed by atoms with E-state index in [1.54, 1.807) is 30.3 Å². The van der Waals surface area contributed by atoms with Crippen LogP contribution < -0.4 is 15.9 Å². The summed E-state index contributed by atoms with van der Waals surface area (Å²) in [6.07, 6.45) is 2.90. The molecule has 0 amide bonds. The number of halogens is 2. The van der Waals surface area contributed by atoms with Crippen molar-refractivity contribution in [2.45, 2.75) is 19.5 Å².